The van der Waals surface area contributed by atoms with Crippen LogP contribution in [0.4, 0.5) is 5.69 Å². The van der Waals surface area contributed by atoms with Gasteiger partial charge in [-0.2, -0.15) is 5.10 Å². The first-order valence-corrected chi connectivity index (χ1v) is 13.7. The minimum absolute atomic E-state index is 0.230. The molecule has 0 aliphatic heterocycles. The maximum absolute atomic E-state index is 12.5. The Morgan fingerprint density at radius 1 is 0.854 bits per heavy atom. The van der Waals surface area contributed by atoms with Crippen LogP contribution < -0.4 is 20.2 Å². The Morgan fingerprint density at radius 2 is 1.56 bits per heavy atom. The molecule has 0 atom stereocenters. The Bertz CT molecular complexity index is 1610. The van der Waals surface area contributed by atoms with E-state index >= 15 is 0 Å². The maximum atomic E-state index is 12.5. The highest BCUT2D eigenvalue weighted by Crippen LogP contribution is 2.29. The average Bonchev–Trinajstić information content (AvgIpc) is 2.95. The summed E-state index contributed by atoms with van der Waals surface area (Å²) in [5.74, 6) is -0.775. The van der Waals surface area contributed by atoms with E-state index in [2.05, 4.69) is 31.8 Å². The molecule has 4 rings (SSSR count). The lowest BCUT2D eigenvalue weighted by Crippen LogP contribution is -2.18. The monoisotopic (exact) mass is 653 g/mol. The summed E-state index contributed by atoms with van der Waals surface area (Å²) < 4.78 is 12.0. The molecule has 2 amide bonds. The van der Waals surface area contributed by atoms with Gasteiger partial charge < -0.3 is 14.8 Å². The van der Waals surface area contributed by atoms with E-state index in [1.54, 1.807) is 72.8 Å². The quantitative estimate of drug-likeness (QED) is 0.0847. The molecule has 0 fully saturated rings. The van der Waals surface area contributed by atoms with E-state index in [0.29, 0.717) is 39.8 Å². The molecular formula is C30H22BrCl2N3O5. The third kappa shape index (κ3) is 8.17. The lowest BCUT2D eigenvalue weighted by Gasteiger charge is -2.11. The number of hydrazone groups is 1. The van der Waals surface area contributed by atoms with Crippen LogP contribution in [-0.4, -0.2) is 30.6 Å². The molecule has 0 bridgehead atoms. The largest absolute Gasteiger partial charge is 0.490 e. The Kier molecular flexibility index (Phi) is 10.1. The third-order valence-corrected chi connectivity index (χ3v) is 6.59. The number of nitrogens with one attached hydrogen (secondary N) is 2. The molecule has 0 aliphatic carbocycles. The summed E-state index contributed by atoms with van der Waals surface area (Å²) in [5, 5.41) is 7.38. The first-order chi connectivity index (χ1) is 19.7. The fourth-order valence-electron chi connectivity index (χ4n) is 3.51. The molecule has 0 saturated carbocycles. The summed E-state index contributed by atoms with van der Waals surface area (Å²) in [4.78, 5) is 37.5. The molecule has 0 heterocycles. The highest BCUT2D eigenvalue weighted by atomic mass is 79.9. The molecular weight excluding hydrogens is 633 g/mol. The van der Waals surface area contributed by atoms with E-state index in [-0.39, 0.29) is 16.3 Å². The van der Waals surface area contributed by atoms with Crippen molar-refractivity contribution in [2.24, 2.45) is 5.10 Å². The Morgan fingerprint density at radius 3 is 2.24 bits per heavy atom. The van der Waals surface area contributed by atoms with Gasteiger partial charge in [0.05, 0.1) is 29.0 Å². The number of esters is 1. The van der Waals surface area contributed by atoms with E-state index in [4.69, 9.17) is 32.7 Å². The van der Waals surface area contributed by atoms with Crippen LogP contribution >= 0.6 is 39.1 Å². The number of carbonyl (C=O) groups excluding carboxylic acids is 3. The minimum Gasteiger partial charge on any atom is -0.490 e. The Labute approximate surface area is 254 Å². The molecule has 0 unspecified atom stereocenters. The van der Waals surface area contributed by atoms with Gasteiger partial charge in [-0.15, -0.1) is 0 Å². The third-order valence-electron chi connectivity index (χ3n) is 5.51. The molecule has 208 valence electrons. The molecule has 4 aromatic rings. The molecule has 4 aromatic carbocycles. The zero-order valence-electron chi connectivity index (χ0n) is 21.5. The maximum Gasteiger partial charge on any atom is 0.343 e. The first kappa shape index (κ1) is 29.8. The van der Waals surface area contributed by atoms with Crippen LogP contribution in [0.3, 0.4) is 0 Å². The SMILES string of the molecule is CCOc1cc(/C=N\NC(=O)c2ccc(NC(=O)c3ccc(Cl)cc3Cl)cc2)ccc1OC(=O)c1ccc(Br)cc1. The summed E-state index contributed by atoms with van der Waals surface area (Å²) in [7, 11) is 0. The number of ether oxygens (including phenoxy) is 2. The fourth-order valence-corrected chi connectivity index (χ4v) is 4.27. The number of hydrogen-bond acceptors (Lipinski definition) is 6. The van der Waals surface area contributed by atoms with Crippen molar-refractivity contribution in [1.29, 1.82) is 0 Å². The molecule has 0 aromatic heterocycles. The van der Waals surface area contributed by atoms with Crippen molar-refractivity contribution in [2.75, 3.05) is 11.9 Å². The number of amides is 2. The number of halogens is 3. The normalized spacial score (nSPS) is 10.7. The predicted octanol–water partition coefficient (Wildman–Crippen LogP) is 7.39. The van der Waals surface area contributed by atoms with Gasteiger partial charge in [0, 0.05) is 20.7 Å². The molecule has 0 radical (unpaired) electrons. The standard InChI is InChI=1S/C30H22BrCl2N3O5/c1-2-40-27-15-18(3-14-26(27)41-30(39)20-4-8-21(31)9-5-20)17-34-36-28(37)19-6-11-23(12-7-19)35-29(38)24-13-10-22(32)16-25(24)33/h3-17H,2H2,1H3,(H,35,38)(H,36,37)/b34-17-. The second-order valence-corrected chi connectivity index (χ2v) is 10.1. The van der Waals surface area contributed by atoms with Crippen LogP contribution in [0.1, 0.15) is 43.6 Å². The average molecular weight is 655 g/mol. The van der Waals surface area contributed by atoms with Gasteiger partial charge in [0.2, 0.25) is 0 Å². The number of carbonyl (C=O) groups is 3. The Balaban J connectivity index is 1.36. The molecule has 8 nitrogen and oxygen atoms in total. The molecule has 0 saturated heterocycles. The fraction of sp³-hybridized carbons (Fsp3) is 0.0667. The summed E-state index contributed by atoms with van der Waals surface area (Å²) >= 11 is 15.3. The lowest BCUT2D eigenvalue weighted by atomic mass is 10.1. The highest BCUT2D eigenvalue weighted by Gasteiger charge is 2.14. The number of hydrogen-bond donors (Lipinski definition) is 2. The van der Waals surface area contributed by atoms with Crippen LogP contribution in [0.2, 0.25) is 10.0 Å². The van der Waals surface area contributed by atoms with Crippen molar-refractivity contribution in [3.8, 4) is 11.5 Å². The van der Waals surface area contributed by atoms with Gasteiger partial charge in [0.1, 0.15) is 0 Å². The van der Waals surface area contributed by atoms with Crippen molar-refractivity contribution < 1.29 is 23.9 Å². The van der Waals surface area contributed by atoms with Crippen LogP contribution in [0.15, 0.2) is 94.5 Å². The highest BCUT2D eigenvalue weighted by molar-refractivity contribution is 9.10. The van der Waals surface area contributed by atoms with Gasteiger partial charge in [-0.1, -0.05) is 39.1 Å². The van der Waals surface area contributed by atoms with E-state index in [1.807, 2.05) is 6.92 Å². The summed E-state index contributed by atoms with van der Waals surface area (Å²) in [5.41, 5.74) is 4.53. The van der Waals surface area contributed by atoms with Crippen molar-refractivity contribution in [3.63, 3.8) is 0 Å². The van der Waals surface area contributed by atoms with Gasteiger partial charge >= 0.3 is 5.97 Å². The molecule has 2 N–H and O–H groups in total. The van der Waals surface area contributed by atoms with Crippen molar-refractivity contribution in [2.45, 2.75) is 6.92 Å². The zero-order valence-corrected chi connectivity index (χ0v) is 24.6. The molecule has 11 heteroatoms. The van der Waals surface area contributed by atoms with E-state index < -0.39 is 17.8 Å². The number of benzene rings is 4. The van der Waals surface area contributed by atoms with Gasteiger partial charge in [0.25, 0.3) is 11.8 Å². The smallest absolute Gasteiger partial charge is 0.343 e. The minimum atomic E-state index is -0.522. The van der Waals surface area contributed by atoms with E-state index in [1.165, 1.54) is 18.3 Å². The topological polar surface area (TPSA) is 106 Å². The van der Waals surface area contributed by atoms with Gasteiger partial charge in [-0.05, 0) is 97.4 Å². The summed E-state index contributed by atoms with van der Waals surface area (Å²) in [6.45, 7) is 2.16. The molecule has 0 spiro atoms. The first-order valence-electron chi connectivity index (χ1n) is 12.2. The van der Waals surface area contributed by atoms with Crippen LogP contribution in [-0.2, 0) is 0 Å². The lowest BCUT2D eigenvalue weighted by molar-refractivity contribution is 0.0728. The molecule has 0 aliphatic rings. The second-order valence-electron chi connectivity index (χ2n) is 8.39. The van der Waals surface area contributed by atoms with Crippen LogP contribution in [0.5, 0.6) is 11.5 Å². The summed E-state index contributed by atoms with van der Waals surface area (Å²) in [6, 6.07) is 22.6. The number of rotatable bonds is 9. The van der Waals surface area contributed by atoms with Crippen LogP contribution in [0, 0.1) is 0 Å². The number of anilines is 1. The van der Waals surface area contributed by atoms with E-state index in [9.17, 15) is 14.4 Å². The van der Waals surface area contributed by atoms with Crippen molar-refractivity contribution in [1.82, 2.24) is 5.43 Å². The summed E-state index contributed by atoms with van der Waals surface area (Å²) in [6.07, 6.45) is 1.44. The van der Waals surface area contributed by atoms with Crippen molar-refractivity contribution in [3.05, 3.63) is 122 Å². The second kappa shape index (κ2) is 13.9. The predicted molar refractivity (Wildman–Crippen MR) is 163 cm³/mol. The zero-order chi connectivity index (χ0) is 29.4. The van der Waals surface area contributed by atoms with E-state index in [0.717, 1.165) is 4.47 Å². The Hall–Kier alpha value is -4.18. The van der Waals surface area contributed by atoms with Crippen molar-refractivity contribution >= 4 is 68.8 Å². The molecule has 41 heavy (non-hydrogen) atoms. The van der Waals surface area contributed by atoms with Gasteiger partial charge in [0.15, 0.2) is 11.5 Å². The van der Waals surface area contributed by atoms with Gasteiger partial charge in [-0.25, -0.2) is 10.2 Å². The van der Waals surface area contributed by atoms with Crippen LogP contribution in [0.25, 0.3) is 0 Å². The van der Waals surface area contributed by atoms with Gasteiger partial charge in [-0.3, -0.25) is 9.59 Å². The number of nitrogens with zero attached hydrogens (tertiary/aromatic N) is 1.